The summed E-state index contributed by atoms with van der Waals surface area (Å²) in [4.78, 5) is 13.7. The van der Waals surface area contributed by atoms with E-state index < -0.39 is 11.6 Å². The number of alkyl halides is 1. The number of nitrogen functional groups attached to an aromatic ring is 1. The number of hydrogen-bond acceptors (Lipinski definition) is 11. The molecule has 46 heavy (non-hydrogen) atoms. The molecule has 2 aliphatic carbocycles. The topological polar surface area (TPSA) is 136 Å². The van der Waals surface area contributed by atoms with Crippen molar-refractivity contribution in [2.24, 2.45) is 0 Å². The van der Waals surface area contributed by atoms with Crippen LogP contribution in [0.1, 0.15) is 67.0 Å². The van der Waals surface area contributed by atoms with E-state index in [0.29, 0.717) is 67.3 Å². The van der Waals surface area contributed by atoms with Crippen LogP contribution in [0.5, 0.6) is 11.8 Å². The maximum absolute atomic E-state index is 14.2. The summed E-state index contributed by atoms with van der Waals surface area (Å²) < 4.78 is 38.7. The van der Waals surface area contributed by atoms with E-state index >= 15 is 0 Å². The molecule has 4 unspecified atom stereocenters. The summed E-state index contributed by atoms with van der Waals surface area (Å²) in [6.45, 7) is 3.81. The highest BCUT2D eigenvalue weighted by Crippen LogP contribution is 2.53. The molecule has 0 radical (unpaired) electrons. The van der Waals surface area contributed by atoms with Crippen LogP contribution in [-0.4, -0.2) is 96.3 Å². The Hall–Kier alpha value is -3.79. The smallest absolute Gasteiger partial charge is 0.221 e. The first-order chi connectivity index (χ1) is 22.1. The number of fused-ring (bicyclic) bond motifs is 4. The van der Waals surface area contributed by atoms with Gasteiger partial charge in [0.2, 0.25) is 11.8 Å². The number of anilines is 1. The molecule has 2 aliphatic heterocycles. The summed E-state index contributed by atoms with van der Waals surface area (Å²) in [5.74, 6) is 1.80. The molecular weight excluding hydrogens is 589 g/mol. The first-order valence-corrected chi connectivity index (χ1v) is 16.2. The van der Waals surface area contributed by atoms with Gasteiger partial charge in [-0.05, 0) is 90.2 Å². The molecule has 3 aromatic rings. The van der Waals surface area contributed by atoms with Crippen LogP contribution in [0.15, 0.2) is 22.7 Å². The van der Waals surface area contributed by atoms with Crippen LogP contribution < -0.4 is 15.2 Å². The Morgan fingerprint density at radius 1 is 1.20 bits per heavy atom. The second-order valence-electron chi connectivity index (χ2n) is 13.7. The summed E-state index contributed by atoms with van der Waals surface area (Å²) in [5, 5.41) is 14.7. The van der Waals surface area contributed by atoms with E-state index in [-0.39, 0.29) is 17.7 Å². The van der Waals surface area contributed by atoms with Crippen LogP contribution in [0.4, 0.5) is 10.1 Å². The number of aryl methyl sites for hydroxylation is 1. The quantitative estimate of drug-likeness (QED) is 0.361. The molecule has 244 valence electrons. The lowest BCUT2D eigenvalue weighted by Gasteiger charge is -2.45. The number of likely N-dealkylation sites (N-methyl/N-ethyl adjacent to an activating group) is 2. The molecule has 2 saturated heterocycles. The monoisotopic (exact) mass is 631 g/mol. The van der Waals surface area contributed by atoms with Gasteiger partial charge in [-0.2, -0.15) is 15.2 Å². The van der Waals surface area contributed by atoms with Gasteiger partial charge in [-0.1, -0.05) is 11.2 Å². The van der Waals surface area contributed by atoms with E-state index in [4.69, 9.17) is 34.4 Å². The zero-order chi connectivity index (χ0) is 32.2. The number of nitrogens with zero attached hydrogens (tertiary/aromatic N) is 6. The molecule has 0 bridgehead atoms. The fourth-order valence-electron chi connectivity index (χ4n) is 7.94. The number of rotatable bonds is 8. The van der Waals surface area contributed by atoms with E-state index in [1.165, 1.54) is 0 Å². The van der Waals surface area contributed by atoms with Gasteiger partial charge in [0.05, 0.1) is 30.3 Å². The molecule has 2 N–H and O–H groups in total. The average Bonchev–Trinajstić information content (AvgIpc) is 3.60. The summed E-state index contributed by atoms with van der Waals surface area (Å²) in [6.07, 6.45) is 4.37. The van der Waals surface area contributed by atoms with Gasteiger partial charge in [-0.3, -0.25) is 9.80 Å². The van der Waals surface area contributed by atoms with Gasteiger partial charge in [-0.25, -0.2) is 4.39 Å². The molecule has 7 rings (SSSR count). The largest absolute Gasteiger partial charge is 0.475 e. The molecule has 4 heterocycles. The minimum absolute atomic E-state index is 0.0882. The highest BCUT2D eigenvalue weighted by atomic mass is 19.1. The third-order valence-corrected chi connectivity index (χ3v) is 10.7. The molecule has 0 saturated carbocycles. The van der Waals surface area contributed by atoms with Gasteiger partial charge in [-0.15, -0.1) is 0 Å². The van der Waals surface area contributed by atoms with Crippen molar-refractivity contribution in [1.29, 1.82) is 5.26 Å². The first kappa shape index (κ1) is 30.8. The Morgan fingerprint density at radius 3 is 2.63 bits per heavy atom. The second-order valence-corrected chi connectivity index (χ2v) is 13.7. The number of aromatic nitrogens is 3. The lowest BCUT2D eigenvalue weighted by molar-refractivity contribution is -0.141. The van der Waals surface area contributed by atoms with Crippen molar-refractivity contribution in [1.82, 2.24) is 24.9 Å². The van der Waals surface area contributed by atoms with Crippen LogP contribution in [0.2, 0.25) is 0 Å². The van der Waals surface area contributed by atoms with Crippen molar-refractivity contribution in [3.05, 3.63) is 46.2 Å². The lowest BCUT2D eigenvalue weighted by atomic mass is 9.61. The Morgan fingerprint density at radius 2 is 1.96 bits per heavy atom. The first-order valence-electron chi connectivity index (χ1n) is 16.2. The van der Waals surface area contributed by atoms with Crippen LogP contribution in [0.25, 0.3) is 11.5 Å². The normalized spacial score (nSPS) is 25.8. The minimum Gasteiger partial charge on any atom is -0.475 e. The molecular formula is C34H42FN7O4. The summed E-state index contributed by atoms with van der Waals surface area (Å²) in [6, 6.07) is 7.87. The number of nitrogens with two attached hydrogens (primary N) is 1. The van der Waals surface area contributed by atoms with Gasteiger partial charge in [0.25, 0.3) is 0 Å². The van der Waals surface area contributed by atoms with E-state index in [1.807, 2.05) is 45.1 Å². The van der Waals surface area contributed by atoms with Gasteiger partial charge in [0, 0.05) is 23.8 Å². The van der Waals surface area contributed by atoms with Crippen molar-refractivity contribution in [3.8, 4) is 29.3 Å². The summed E-state index contributed by atoms with van der Waals surface area (Å²) in [7, 11) is 5.93. The maximum atomic E-state index is 14.2. The lowest BCUT2D eigenvalue weighted by Crippen LogP contribution is -2.63. The molecule has 1 aromatic carbocycles. The Bertz CT molecular complexity index is 1660. The van der Waals surface area contributed by atoms with Gasteiger partial charge in [0.1, 0.15) is 30.5 Å². The average molecular weight is 632 g/mol. The predicted molar refractivity (Wildman–Crippen MR) is 169 cm³/mol. The minimum atomic E-state index is -0.886. The van der Waals surface area contributed by atoms with E-state index in [9.17, 15) is 9.65 Å². The number of ether oxygens (including phenoxy) is 3. The highest BCUT2D eigenvalue weighted by Gasteiger charge is 2.48. The van der Waals surface area contributed by atoms with E-state index in [2.05, 4.69) is 16.1 Å². The molecule has 2 fully saturated rings. The summed E-state index contributed by atoms with van der Waals surface area (Å²) >= 11 is 0. The summed E-state index contributed by atoms with van der Waals surface area (Å²) in [5.41, 5.74) is 10.2. The molecule has 2 aromatic heterocycles. The van der Waals surface area contributed by atoms with Crippen molar-refractivity contribution in [3.63, 3.8) is 0 Å². The second kappa shape index (κ2) is 11.8. The van der Waals surface area contributed by atoms with E-state index in [1.54, 1.807) is 6.07 Å². The number of likely N-dealkylation sites (tertiary alicyclic amines) is 1. The number of halogens is 1. The number of nitriles is 1. The van der Waals surface area contributed by atoms with Crippen molar-refractivity contribution >= 4 is 5.69 Å². The Labute approximate surface area is 268 Å². The molecule has 11 nitrogen and oxygen atoms in total. The van der Waals surface area contributed by atoms with Gasteiger partial charge < -0.3 is 24.5 Å². The SMILES string of the molecule is CC(Oc1cc(OCC2(N(C)C)COC2)nc(-c2noc3c2CCCC32CCCc3ccc(N)c(C#N)c32)n1)C1CC(F)CN1C. The third-order valence-electron chi connectivity index (χ3n) is 10.7. The highest BCUT2D eigenvalue weighted by molar-refractivity contribution is 5.67. The molecule has 12 heteroatoms. The van der Waals surface area contributed by atoms with Crippen LogP contribution in [-0.2, 0) is 23.0 Å². The number of hydrogen-bond donors (Lipinski definition) is 1. The van der Waals surface area contributed by atoms with E-state index in [0.717, 1.165) is 61.0 Å². The van der Waals surface area contributed by atoms with Crippen LogP contribution in [0.3, 0.4) is 0 Å². The zero-order valence-corrected chi connectivity index (χ0v) is 27.0. The predicted octanol–water partition coefficient (Wildman–Crippen LogP) is 4.06. The molecule has 4 atom stereocenters. The number of benzene rings is 1. The fraction of sp³-hybridized carbons (Fsp3) is 0.588. The molecule has 4 aliphatic rings. The van der Waals surface area contributed by atoms with Crippen molar-refractivity contribution < 1.29 is 23.1 Å². The van der Waals surface area contributed by atoms with Gasteiger partial charge >= 0.3 is 0 Å². The maximum Gasteiger partial charge on any atom is 0.221 e. The van der Waals surface area contributed by atoms with Gasteiger partial charge in [0.15, 0.2) is 17.3 Å². The molecule has 0 amide bonds. The fourth-order valence-corrected chi connectivity index (χ4v) is 7.94. The Balaban J connectivity index is 1.28. The Kier molecular flexibility index (Phi) is 7.90. The van der Waals surface area contributed by atoms with Crippen molar-refractivity contribution in [2.75, 3.05) is 53.2 Å². The van der Waals surface area contributed by atoms with Crippen LogP contribution >= 0.6 is 0 Å². The standard InChI is InChI=1S/C34H42FN7O4/c1-20(26-13-22(35)16-42(26)4)45-28-14-27(44-19-33(41(2)3)17-43-18-33)38-32(39-28)30-23-8-6-12-34(31(23)46-40-30)11-5-7-21-9-10-25(37)24(15-36)29(21)34/h9-10,14,20,22,26H,5-8,11-13,16-19,37H2,1-4H3. The zero-order valence-electron chi connectivity index (χ0n) is 27.0. The van der Waals surface area contributed by atoms with Crippen LogP contribution in [0, 0.1) is 11.3 Å². The van der Waals surface area contributed by atoms with Crippen molar-refractivity contribution in [2.45, 2.75) is 81.1 Å². The molecule has 1 spiro atoms. The third kappa shape index (κ3) is 5.09.